The highest BCUT2D eigenvalue weighted by Gasteiger charge is 2.36. The van der Waals surface area contributed by atoms with E-state index in [4.69, 9.17) is 11.6 Å². The minimum Gasteiger partial charge on any atom is -0.378 e. The minimum atomic E-state index is -0.144. The summed E-state index contributed by atoms with van der Waals surface area (Å²) >= 11 is 6.33. The Labute approximate surface area is 172 Å². The van der Waals surface area contributed by atoms with Crippen LogP contribution in [0.4, 0.5) is 5.69 Å². The van der Waals surface area contributed by atoms with Crippen molar-refractivity contribution >= 4 is 23.2 Å². The highest BCUT2D eigenvalue weighted by atomic mass is 35.5. The Morgan fingerprint density at radius 2 is 1.89 bits per heavy atom. The maximum Gasteiger partial charge on any atom is 0.237 e. The molecular weight excluding hydrogens is 372 g/mol. The molecule has 1 aliphatic heterocycles. The van der Waals surface area contributed by atoms with Crippen LogP contribution in [0.25, 0.3) is 0 Å². The summed E-state index contributed by atoms with van der Waals surface area (Å²) in [5, 5.41) is 7.17. The first kappa shape index (κ1) is 20.6. The number of likely N-dealkylation sites (tertiary alicyclic amines) is 1. The second-order valence-corrected chi connectivity index (χ2v) is 7.93. The Morgan fingerprint density at radius 3 is 2.54 bits per heavy atom. The van der Waals surface area contributed by atoms with Crippen molar-refractivity contribution < 1.29 is 4.79 Å². The molecule has 1 saturated heterocycles. The molecular formula is C22H29ClN4O. The van der Waals surface area contributed by atoms with Gasteiger partial charge in [0.2, 0.25) is 5.91 Å². The van der Waals surface area contributed by atoms with E-state index in [0.717, 1.165) is 30.1 Å². The minimum absolute atomic E-state index is 0.0617. The van der Waals surface area contributed by atoms with Gasteiger partial charge in [-0.25, -0.2) is 0 Å². The number of halogens is 1. The van der Waals surface area contributed by atoms with Gasteiger partial charge in [-0.2, -0.15) is 0 Å². The highest BCUT2D eigenvalue weighted by Crippen LogP contribution is 2.24. The largest absolute Gasteiger partial charge is 0.378 e. The third kappa shape index (κ3) is 5.04. The lowest BCUT2D eigenvalue weighted by atomic mass is 10.1. The zero-order valence-corrected chi connectivity index (χ0v) is 17.5. The number of benzene rings is 2. The zero-order chi connectivity index (χ0) is 20.1. The number of nitrogens with one attached hydrogen (secondary N) is 2. The summed E-state index contributed by atoms with van der Waals surface area (Å²) in [5.74, 6) is 0.0617. The SMILES string of the molecule is CNC(=O)[C@@H]1C[C@@H](NCc2ccc(N(C)C)cc2)CN1Cc1ccccc1Cl. The van der Waals surface area contributed by atoms with Crippen molar-refractivity contribution in [3.05, 3.63) is 64.7 Å². The summed E-state index contributed by atoms with van der Waals surface area (Å²) in [6.07, 6.45) is 0.792. The number of hydrogen-bond donors (Lipinski definition) is 2. The van der Waals surface area contributed by atoms with E-state index in [1.807, 2.05) is 38.4 Å². The second kappa shape index (κ2) is 9.41. The first-order valence-corrected chi connectivity index (χ1v) is 10.0. The van der Waals surface area contributed by atoms with Crippen molar-refractivity contribution in [3.63, 3.8) is 0 Å². The van der Waals surface area contributed by atoms with Gasteiger partial charge < -0.3 is 15.5 Å². The number of nitrogens with zero attached hydrogens (tertiary/aromatic N) is 2. The van der Waals surface area contributed by atoms with Crippen molar-refractivity contribution in [2.24, 2.45) is 0 Å². The van der Waals surface area contributed by atoms with Crippen LogP contribution in [0.2, 0.25) is 5.02 Å². The van der Waals surface area contributed by atoms with E-state index in [9.17, 15) is 4.79 Å². The summed E-state index contributed by atoms with van der Waals surface area (Å²) < 4.78 is 0. The maximum absolute atomic E-state index is 12.4. The molecule has 0 radical (unpaired) electrons. The molecule has 1 aliphatic rings. The monoisotopic (exact) mass is 400 g/mol. The Kier molecular flexibility index (Phi) is 6.94. The van der Waals surface area contributed by atoms with Gasteiger partial charge in [0, 0.05) is 57.5 Å². The molecule has 5 nitrogen and oxygen atoms in total. The van der Waals surface area contributed by atoms with Gasteiger partial charge in [0.1, 0.15) is 0 Å². The van der Waals surface area contributed by atoms with E-state index in [0.29, 0.717) is 6.54 Å². The number of carbonyl (C=O) groups is 1. The quantitative estimate of drug-likeness (QED) is 0.750. The fourth-order valence-corrected chi connectivity index (χ4v) is 3.88. The average molecular weight is 401 g/mol. The summed E-state index contributed by atoms with van der Waals surface area (Å²) in [6.45, 7) is 2.28. The molecule has 2 atom stereocenters. The fraction of sp³-hybridized carbons (Fsp3) is 0.409. The third-order valence-corrected chi connectivity index (χ3v) is 5.70. The predicted octanol–water partition coefficient (Wildman–Crippen LogP) is 2.88. The normalized spacial score (nSPS) is 19.6. The van der Waals surface area contributed by atoms with Crippen LogP contribution in [0.1, 0.15) is 17.5 Å². The summed E-state index contributed by atoms with van der Waals surface area (Å²) in [7, 11) is 5.78. The van der Waals surface area contributed by atoms with Crippen LogP contribution in [0.15, 0.2) is 48.5 Å². The predicted molar refractivity (Wildman–Crippen MR) is 116 cm³/mol. The Morgan fingerprint density at radius 1 is 1.18 bits per heavy atom. The van der Waals surface area contributed by atoms with Crippen molar-refractivity contribution in [2.75, 3.05) is 32.6 Å². The molecule has 0 aliphatic carbocycles. The van der Waals surface area contributed by atoms with Crippen LogP contribution >= 0.6 is 11.6 Å². The molecule has 150 valence electrons. The van der Waals surface area contributed by atoms with Crippen molar-refractivity contribution in [1.82, 2.24) is 15.5 Å². The van der Waals surface area contributed by atoms with Gasteiger partial charge >= 0.3 is 0 Å². The second-order valence-electron chi connectivity index (χ2n) is 7.53. The summed E-state index contributed by atoms with van der Waals surface area (Å²) in [4.78, 5) is 16.7. The standard InChI is InChI=1S/C22H29ClN4O/c1-24-22(28)21-12-18(15-27(21)14-17-6-4-5-7-20(17)23)25-13-16-8-10-19(11-9-16)26(2)3/h4-11,18,21,25H,12-15H2,1-3H3,(H,24,28)/t18-,21+/m1/s1. The van der Waals surface area contributed by atoms with Gasteiger partial charge in [-0.1, -0.05) is 41.9 Å². The maximum atomic E-state index is 12.4. The Bertz CT molecular complexity index is 793. The molecule has 0 aromatic heterocycles. The molecule has 1 fully saturated rings. The average Bonchev–Trinajstić information content (AvgIpc) is 3.10. The van der Waals surface area contributed by atoms with Crippen LogP contribution in [0.5, 0.6) is 0 Å². The van der Waals surface area contributed by atoms with Crippen LogP contribution < -0.4 is 15.5 Å². The van der Waals surface area contributed by atoms with Gasteiger partial charge in [0.15, 0.2) is 0 Å². The number of likely N-dealkylation sites (N-methyl/N-ethyl adjacent to an activating group) is 1. The molecule has 2 aromatic carbocycles. The molecule has 2 N–H and O–H groups in total. The molecule has 0 saturated carbocycles. The zero-order valence-electron chi connectivity index (χ0n) is 16.8. The van der Waals surface area contributed by atoms with E-state index in [1.54, 1.807) is 7.05 Å². The molecule has 0 spiro atoms. The van der Waals surface area contributed by atoms with Crippen LogP contribution in [-0.4, -0.2) is 50.6 Å². The summed E-state index contributed by atoms with van der Waals surface area (Å²) in [5.41, 5.74) is 3.49. The Hall–Kier alpha value is -2.08. The summed E-state index contributed by atoms with van der Waals surface area (Å²) in [6, 6.07) is 16.5. The van der Waals surface area contributed by atoms with Gasteiger partial charge in [-0.15, -0.1) is 0 Å². The van der Waals surface area contributed by atoms with E-state index >= 15 is 0 Å². The van der Waals surface area contributed by atoms with Crippen LogP contribution in [-0.2, 0) is 17.9 Å². The number of carbonyl (C=O) groups excluding carboxylic acids is 1. The van der Waals surface area contributed by atoms with Gasteiger partial charge in [0.25, 0.3) is 0 Å². The van der Waals surface area contributed by atoms with Gasteiger partial charge in [0.05, 0.1) is 6.04 Å². The van der Waals surface area contributed by atoms with Gasteiger partial charge in [-0.3, -0.25) is 9.69 Å². The molecule has 1 heterocycles. The fourth-order valence-electron chi connectivity index (χ4n) is 3.69. The number of rotatable bonds is 7. The lowest BCUT2D eigenvalue weighted by molar-refractivity contribution is -0.125. The Balaban J connectivity index is 1.63. The van der Waals surface area contributed by atoms with Gasteiger partial charge in [-0.05, 0) is 35.7 Å². The molecule has 2 aromatic rings. The molecule has 0 bridgehead atoms. The molecule has 28 heavy (non-hydrogen) atoms. The molecule has 1 amide bonds. The van der Waals surface area contributed by atoms with E-state index in [1.165, 1.54) is 11.3 Å². The van der Waals surface area contributed by atoms with E-state index in [-0.39, 0.29) is 18.0 Å². The lowest BCUT2D eigenvalue weighted by Gasteiger charge is -2.23. The number of hydrogen-bond acceptors (Lipinski definition) is 4. The first-order chi connectivity index (χ1) is 13.5. The smallest absolute Gasteiger partial charge is 0.237 e. The van der Waals surface area contributed by atoms with Crippen LogP contribution in [0.3, 0.4) is 0 Å². The van der Waals surface area contributed by atoms with Crippen molar-refractivity contribution in [1.29, 1.82) is 0 Å². The topological polar surface area (TPSA) is 47.6 Å². The molecule has 3 rings (SSSR count). The third-order valence-electron chi connectivity index (χ3n) is 5.33. The first-order valence-electron chi connectivity index (χ1n) is 9.66. The van der Waals surface area contributed by atoms with Crippen LogP contribution in [0, 0.1) is 0 Å². The number of amides is 1. The molecule has 0 unspecified atom stereocenters. The molecule has 6 heteroatoms. The van der Waals surface area contributed by atoms with E-state index < -0.39 is 0 Å². The highest BCUT2D eigenvalue weighted by molar-refractivity contribution is 6.31. The van der Waals surface area contributed by atoms with Crippen molar-refractivity contribution in [3.8, 4) is 0 Å². The number of anilines is 1. The van der Waals surface area contributed by atoms with Crippen molar-refractivity contribution in [2.45, 2.75) is 31.6 Å². The van der Waals surface area contributed by atoms with E-state index in [2.05, 4.69) is 44.7 Å². The lowest BCUT2D eigenvalue weighted by Crippen LogP contribution is -2.41.